The highest BCUT2D eigenvalue weighted by molar-refractivity contribution is 7.25. The van der Waals surface area contributed by atoms with Gasteiger partial charge in [-0.15, -0.1) is 11.3 Å². The SMILES string of the molecule is CN(C)c1ccnc2sc3c(=O)n(CCc4c(Cl)cccc4Cl)cnc3c12. The number of aromatic nitrogens is 3. The zero-order valence-corrected chi connectivity index (χ0v) is 17.1. The first kappa shape index (κ1) is 18.2. The maximum Gasteiger partial charge on any atom is 0.271 e. The van der Waals surface area contributed by atoms with E-state index < -0.39 is 0 Å². The van der Waals surface area contributed by atoms with E-state index in [9.17, 15) is 4.79 Å². The lowest BCUT2D eigenvalue weighted by atomic mass is 10.1. The lowest BCUT2D eigenvalue weighted by Gasteiger charge is -2.13. The molecule has 0 aliphatic rings. The number of benzene rings is 1. The van der Waals surface area contributed by atoms with E-state index >= 15 is 0 Å². The van der Waals surface area contributed by atoms with Crippen molar-refractivity contribution in [1.82, 2.24) is 14.5 Å². The molecule has 0 atom stereocenters. The molecular formula is C19H16Cl2N4OS. The third-order valence-corrected chi connectivity index (χ3v) is 6.26. The Hall–Kier alpha value is -2.15. The second-order valence-electron chi connectivity index (χ2n) is 6.38. The zero-order chi connectivity index (χ0) is 19.1. The number of anilines is 1. The maximum atomic E-state index is 13.0. The van der Waals surface area contributed by atoms with Crippen LogP contribution in [0.2, 0.25) is 10.0 Å². The van der Waals surface area contributed by atoms with Crippen molar-refractivity contribution in [3.05, 3.63) is 62.8 Å². The van der Waals surface area contributed by atoms with E-state index in [2.05, 4.69) is 9.97 Å². The molecule has 0 saturated carbocycles. The highest BCUT2D eigenvalue weighted by atomic mass is 35.5. The Balaban J connectivity index is 1.78. The first-order valence-electron chi connectivity index (χ1n) is 8.34. The Morgan fingerprint density at radius 1 is 1.15 bits per heavy atom. The van der Waals surface area contributed by atoms with Crippen LogP contribution in [0.5, 0.6) is 0 Å². The molecule has 4 rings (SSSR count). The molecule has 0 aliphatic carbocycles. The van der Waals surface area contributed by atoms with E-state index in [1.54, 1.807) is 35.3 Å². The minimum atomic E-state index is -0.0733. The predicted molar refractivity (Wildman–Crippen MR) is 114 cm³/mol. The Bertz CT molecular complexity index is 1200. The summed E-state index contributed by atoms with van der Waals surface area (Å²) in [6, 6.07) is 7.34. The van der Waals surface area contributed by atoms with Crippen molar-refractivity contribution >= 4 is 60.7 Å². The Kier molecular flexibility index (Phi) is 4.80. The summed E-state index contributed by atoms with van der Waals surface area (Å²) in [5, 5.41) is 2.12. The second-order valence-corrected chi connectivity index (χ2v) is 8.19. The number of fused-ring (bicyclic) bond motifs is 3. The summed E-state index contributed by atoms with van der Waals surface area (Å²) in [5.74, 6) is 0. The molecule has 8 heteroatoms. The van der Waals surface area contributed by atoms with Gasteiger partial charge in [-0.05, 0) is 30.2 Å². The van der Waals surface area contributed by atoms with Gasteiger partial charge in [0.05, 0.1) is 22.9 Å². The summed E-state index contributed by atoms with van der Waals surface area (Å²) in [7, 11) is 3.93. The number of pyridine rings is 1. The average molecular weight is 419 g/mol. The summed E-state index contributed by atoms with van der Waals surface area (Å²) in [6.45, 7) is 0.452. The summed E-state index contributed by atoms with van der Waals surface area (Å²) < 4.78 is 2.21. The summed E-state index contributed by atoms with van der Waals surface area (Å²) in [4.78, 5) is 24.8. The van der Waals surface area contributed by atoms with Crippen molar-refractivity contribution in [3.63, 3.8) is 0 Å². The van der Waals surface area contributed by atoms with Crippen molar-refractivity contribution < 1.29 is 0 Å². The number of hydrogen-bond acceptors (Lipinski definition) is 5. The van der Waals surface area contributed by atoms with Crippen LogP contribution in [-0.2, 0) is 13.0 Å². The van der Waals surface area contributed by atoms with E-state index in [1.165, 1.54) is 11.3 Å². The molecule has 3 heterocycles. The van der Waals surface area contributed by atoms with Gasteiger partial charge in [0.25, 0.3) is 5.56 Å². The van der Waals surface area contributed by atoms with Crippen molar-refractivity contribution in [2.45, 2.75) is 13.0 Å². The van der Waals surface area contributed by atoms with Gasteiger partial charge in [0, 0.05) is 36.9 Å². The van der Waals surface area contributed by atoms with E-state index in [0.29, 0.717) is 33.2 Å². The van der Waals surface area contributed by atoms with Gasteiger partial charge in [-0.2, -0.15) is 0 Å². The van der Waals surface area contributed by atoms with Crippen molar-refractivity contribution in [1.29, 1.82) is 0 Å². The van der Waals surface area contributed by atoms with Gasteiger partial charge in [0.15, 0.2) is 0 Å². The van der Waals surface area contributed by atoms with Crippen LogP contribution in [-0.4, -0.2) is 28.6 Å². The minimum absolute atomic E-state index is 0.0733. The molecule has 0 saturated heterocycles. The first-order valence-corrected chi connectivity index (χ1v) is 9.91. The number of hydrogen-bond donors (Lipinski definition) is 0. The molecule has 138 valence electrons. The minimum Gasteiger partial charge on any atom is -0.377 e. The molecule has 0 N–H and O–H groups in total. The third kappa shape index (κ3) is 3.18. The Labute approximate surface area is 169 Å². The van der Waals surface area contributed by atoms with Crippen molar-refractivity contribution in [2.24, 2.45) is 0 Å². The molecule has 0 unspecified atom stereocenters. The molecule has 27 heavy (non-hydrogen) atoms. The molecule has 5 nitrogen and oxygen atoms in total. The fourth-order valence-electron chi connectivity index (χ4n) is 3.11. The van der Waals surface area contributed by atoms with Crippen LogP contribution in [0.15, 0.2) is 41.6 Å². The van der Waals surface area contributed by atoms with Crippen LogP contribution in [0.25, 0.3) is 20.4 Å². The fraction of sp³-hybridized carbons (Fsp3) is 0.211. The van der Waals surface area contributed by atoms with Gasteiger partial charge in [0.1, 0.15) is 9.53 Å². The smallest absolute Gasteiger partial charge is 0.271 e. The van der Waals surface area contributed by atoms with Crippen LogP contribution < -0.4 is 10.5 Å². The highest BCUT2D eigenvalue weighted by Gasteiger charge is 2.16. The van der Waals surface area contributed by atoms with Gasteiger partial charge in [-0.1, -0.05) is 29.3 Å². The molecule has 4 aromatic rings. The van der Waals surface area contributed by atoms with Crippen LogP contribution in [0.4, 0.5) is 5.69 Å². The molecular weight excluding hydrogens is 403 g/mol. The van der Waals surface area contributed by atoms with Gasteiger partial charge in [0.2, 0.25) is 0 Å². The lowest BCUT2D eigenvalue weighted by molar-refractivity contribution is 0.664. The number of nitrogens with zero attached hydrogens (tertiary/aromatic N) is 4. The summed E-state index contributed by atoms with van der Waals surface area (Å²) >= 11 is 13.8. The van der Waals surface area contributed by atoms with Crippen LogP contribution in [0, 0.1) is 0 Å². The average Bonchev–Trinajstić information content (AvgIpc) is 3.02. The predicted octanol–water partition coefficient (Wildman–Crippen LogP) is 4.62. The van der Waals surface area contributed by atoms with E-state index in [0.717, 1.165) is 21.5 Å². The quantitative estimate of drug-likeness (QED) is 0.484. The molecule has 0 amide bonds. The highest BCUT2D eigenvalue weighted by Crippen LogP contribution is 2.35. The normalized spacial score (nSPS) is 11.4. The summed E-state index contributed by atoms with van der Waals surface area (Å²) in [5.41, 5.74) is 2.46. The lowest BCUT2D eigenvalue weighted by Crippen LogP contribution is -2.21. The number of aryl methyl sites for hydroxylation is 1. The molecule has 0 radical (unpaired) electrons. The molecule has 3 aromatic heterocycles. The summed E-state index contributed by atoms with van der Waals surface area (Å²) in [6.07, 6.45) is 3.90. The van der Waals surface area contributed by atoms with Crippen LogP contribution in [0.3, 0.4) is 0 Å². The van der Waals surface area contributed by atoms with Crippen molar-refractivity contribution in [2.75, 3.05) is 19.0 Å². The van der Waals surface area contributed by atoms with Gasteiger partial charge >= 0.3 is 0 Å². The fourth-order valence-corrected chi connectivity index (χ4v) is 4.76. The molecule has 1 aromatic carbocycles. The Morgan fingerprint density at radius 3 is 2.59 bits per heavy atom. The second kappa shape index (κ2) is 7.11. The Morgan fingerprint density at radius 2 is 1.89 bits per heavy atom. The largest absolute Gasteiger partial charge is 0.377 e. The molecule has 0 fully saturated rings. The van der Waals surface area contributed by atoms with E-state index in [-0.39, 0.29) is 5.56 Å². The standard InChI is InChI=1S/C19H16Cl2N4OS/c1-24(2)14-6-8-22-18-15(14)16-17(27-18)19(26)25(10-23-16)9-7-11-12(20)4-3-5-13(11)21/h3-6,8,10H,7,9H2,1-2H3. The van der Waals surface area contributed by atoms with Crippen LogP contribution in [0.1, 0.15) is 5.56 Å². The number of halogens is 2. The zero-order valence-electron chi connectivity index (χ0n) is 14.7. The molecule has 0 bridgehead atoms. The molecule has 0 aliphatic heterocycles. The van der Waals surface area contributed by atoms with Crippen molar-refractivity contribution in [3.8, 4) is 0 Å². The van der Waals surface area contributed by atoms with Gasteiger partial charge < -0.3 is 4.90 Å². The molecule has 0 spiro atoms. The van der Waals surface area contributed by atoms with E-state index in [1.807, 2.05) is 25.1 Å². The third-order valence-electron chi connectivity index (χ3n) is 4.47. The number of thiophene rings is 1. The van der Waals surface area contributed by atoms with E-state index in [4.69, 9.17) is 23.2 Å². The topological polar surface area (TPSA) is 51.0 Å². The monoisotopic (exact) mass is 418 g/mol. The number of rotatable bonds is 4. The van der Waals surface area contributed by atoms with Gasteiger partial charge in [-0.25, -0.2) is 9.97 Å². The van der Waals surface area contributed by atoms with Crippen LogP contribution >= 0.6 is 34.5 Å². The van der Waals surface area contributed by atoms with Gasteiger partial charge in [-0.3, -0.25) is 9.36 Å². The maximum absolute atomic E-state index is 13.0. The first-order chi connectivity index (χ1) is 13.0.